The Balaban J connectivity index is 2.31. The average Bonchev–Trinajstić information content (AvgIpc) is 3.22. The molecule has 1 aromatic rings. The Morgan fingerprint density at radius 3 is 2.53 bits per heavy atom. The minimum absolute atomic E-state index is 0.0348. The van der Waals surface area contributed by atoms with Gasteiger partial charge in [0.05, 0.1) is 14.2 Å². The Labute approximate surface area is 190 Å². The Bertz CT molecular complexity index is 962. The molecule has 1 aliphatic rings. The van der Waals surface area contributed by atoms with E-state index in [-0.39, 0.29) is 16.7 Å². The van der Waals surface area contributed by atoms with Crippen molar-refractivity contribution >= 4 is 63.4 Å². The number of carbonyl (C=O) groups excluding carboxylic acids is 5. The molecule has 1 saturated heterocycles. The number of hydrogen-bond acceptors (Lipinski definition) is 11. The van der Waals surface area contributed by atoms with Gasteiger partial charge in [-0.1, -0.05) is 5.16 Å². The normalized spacial score (nSPS) is 18.0. The number of nitrogens with one attached hydrogen (secondary N) is 3. The number of oxime groups is 1. The second-order valence-corrected chi connectivity index (χ2v) is 7.84. The molecule has 3 N–H and O–H groups in total. The maximum Gasteiger partial charge on any atom is 0.352 e. The van der Waals surface area contributed by atoms with Crippen molar-refractivity contribution in [2.75, 3.05) is 25.4 Å². The number of nitrogens with zero attached hydrogens (tertiary/aromatic N) is 2. The van der Waals surface area contributed by atoms with Gasteiger partial charge in [0.25, 0.3) is 5.91 Å². The molecule has 0 aromatic carbocycles. The molecule has 2 rings (SSSR count). The highest BCUT2D eigenvalue weighted by molar-refractivity contribution is 7.14. The van der Waals surface area contributed by atoms with E-state index in [0.717, 1.165) is 25.6 Å². The summed E-state index contributed by atoms with van der Waals surface area (Å²) in [6, 6.07) is -2.30. The zero-order valence-corrected chi connectivity index (χ0v) is 19.0. The quantitative estimate of drug-likeness (QED) is 0.131. The Morgan fingerprint density at radius 2 is 1.97 bits per heavy atom. The van der Waals surface area contributed by atoms with Gasteiger partial charge < -0.3 is 30.3 Å². The first-order valence-electron chi connectivity index (χ1n) is 8.89. The maximum atomic E-state index is 12.9. The van der Waals surface area contributed by atoms with Crippen LogP contribution in [0.25, 0.3) is 0 Å². The summed E-state index contributed by atoms with van der Waals surface area (Å²) in [6.07, 6.45) is 0. The summed E-state index contributed by atoms with van der Waals surface area (Å²) in [5.74, 6) is -3.89. The van der Waals surface area contributed by atoms with E-state index in [1.165, 1.54) is 19.2 Å². The third-order valence-electron chi connectivity index (χ3n) is 4.03. The molecular formula is C17H20ClN5O8S. The highest BCUT2D eigenvalue weighted by Gasteiger charge is 2.46. The molecule has 32 heavy (non-hydrogen) atoms. The predicted octanol–water partition coefficient (Wildman–Crippen LogP) is -0.851. The summed E-state index contributed by atoms with van der Waals surface area (Å²) in [7, 11) is 2.28. The topological polar surface area (TPSA) is 174 Å². The number of esters is 2. The van der Waals surface area contributed by atoms with Gasteiger partial charge in [-0.3, -0.25) is 14.4 Å². The lowest BCUT2D eigenvalue weighted by Crippen LogP contribution is -2.72. The molecule has 1 aliphatic heterocycles. The van der Waals surface area contributed by atoms with Crippen molar-refractivity contribution in [3.05, 3.63) is 11.1 Å². The van der Waals surface area contributed by atoms with E-state index in [4.69, 9.17) is 16.4 Å². The molecule has 0 spiro atoms. The lowest BCUT2D eigenvalue weighted by molar-refractivity contribution is -0.165. The second-order valence-electron chi connectivity index (χ2n) is 6.71. The van der Waals surface area contributed by atoms with Crippen LogP contribution in [-0.2, 0) is 38.3 Å². The number of hydrogen-bond donors (Lipinski definition) is 3. The van der Waals surface area contributed by atoms with Crippen molar-refractivity contribution in [3.8, 4) is 0 Å². The van der Waals surface area contributed by atoms with Crippen molar-refractivity contribution in [1.82, 2.24) is 15.6 Å². The second kappa shape index (κ2) is 10.4. The van der Waals surface area contributed by atoms with Gasteiger partial charge in [-0.2, -0.15) is 0 Å². The van der Waals surface area contributed by atoms with Gasteiger partial charge >= 0.3 is 11.9 Å². The number of anilines is 1. The fourth-order valence-electron chi connectivity index (χ4n) is 2.30. The van der Waals surface area contributed by atoms with Gasteiger partial charge in [-0.25, -0.2) is 14.6 Å². The van der Waals surface area contributed by atoms with E-state index in [1.54, 1.807) is 0 Å². The molecule has 174 valence electrons. The zero-order valence-electron chi connectivity index (χ0n) is 17.4. The van der Waals surface area contributed by atoms with E-state index in [1.807, 2.05) is 0 Å². The number of rotatable bonds is 9. The van der Waals surface area contributed by atoms with Gasteiger partial charge in [0, 0.05) is 5.38 Å². The molecule has 0 aliphatic carbocycles. The van der Waals surface area contributed by atoms with Gasteiger partial charge in [0.1, 0.15) is 17.6 Å². The molecule has 1 aromatic heterocycles. The van der Waals surface area contributed by atoms with E-state index in [0.29, 0.717) is 0 Å². The van der Waals surface area contributed by atoms with Crippen molar-refractivity contribution in [2.24, 2.45) is 5.16 Å². The number of halogens is 1. The van der Waals surface area contributed by atoms with Crippen LogP contribution in [0.15, 0.2) is 10.5 Å². The van der Waals surface area contributed by atoms with Crippen LogP contribution in [-0.4, -0.2) is 78.1 Å². The lowest BCUT2D eigenvalue weighted by atomic mass is 9.99. The van der Waals surface area contributed by atoms with Crippen LogP contribution in [0.1, 0.15) is 19.5 Å². The zero-order chi connectivity index (χ0) is 24.1. The first-order valence-corrected chi connectivity index (χ1v) is 10.3. The minimum atomic E-state index is -1.56. The Morgan fingerprint density at radius 1 is 1.28 bits per heavy atom. The molecule has 0 radical (unpaired) electrons. The maximum absolute atomic E-state index is 12.9. The highest BCUT2D eigenvalue weighted by Crippen LogP contribution is 2.19. The summed E-state index contributed by atoms with van der Waals surface area (Å²) in [6.45, 7) is 2.72. The Hall–Kier alpha value is -3.26. The summed E-state index contributed by atoms with van der Waals surface area (Å²) in [4.78, 5) is 69.0. The first kappa shape index (κ1) is 25.0. The SMILES string of the molecule is COC(=O)[C@H]1NC(=O)[C@H]1NC(=O)C(=NOC(C)(C)C(=O)OC)c1csc(NC(=O)CCl)n1. The predicted molar refractivity (Wildman–Crippen MR) is 111 cm³/mol. The first-order chi connectivity index (χ1) is 15.0. The molecule has 2 heterocycles. The third kappa shape index (κ3) is 5.70. The van der Waals surface area contributed by atoms with E-state index >= 15 is 0 Å². The lowest BCUT2D eigenvalue weighted by Gasteiger charge is -2.34. The highest BCUT2D eigenvalue weighted by atomic mass is 35.5. The molecule has 1 fully saturated rings. The van der Waals surface area contributed by atoms with E-state index in [9.17, 15) is 24.0 Å². The number of ether oxygens (including phenoxy) is 2. The molecule has 0 saturated carbocycles. The standard InChI is InChI=1S/C17H20ClN5O8S/c1-17(2,15(28)30-4)31-23-9(7-6-32-16(19-7)20-8(24)5-18)12(25)21-10-11(14(27)29-3)22-13(10)26/h6,10-11H,5H2,1-4H3,(H,21,25)(H,22,26)(H,19,20,24)/t10-,11-/m0/s1. The number of aromatic nitrogens is 1. The summed E-state index contributed by atoms with van der Waals surface area (Å²) < 4.78 is 9.19. The third-order valence-corrected chi connectivity index (χ3v) is 5.03. The van der Waals surface area contributed by atoms with Crippen molar-refractivity contribution < 1.29 is 38.3 Å². The fourth-order valence-corrected chi connectivity index (χ4v) is 3.08. The van der Waals surface area contributed by atoms with Gasteiger partial charge in [0.15, 0.2) is 16.9 Å². The number of β-lactam (4-membered cyclic amide) rings is 1. The molecule has 2 atom stereocenters. The number of alkyl halides is 1. The van der Waals surface area contributed by atoms with Gasteiger partial charge in [-0.15, -0.1) is 22.9 Å². The smallest absolute Gasteiger partial charge is 0.352 e. The van der Waals surface area contributed by atoms with Crippen LogP contribution in [0, 0.1) is 0 Å². The van der Waals surface area contributed by atoms with E-state index < -0.39 is 53.1 Å². The number of methoxy groups -OCH3 is 2. The minimum Gasteiger partial charge on any atom is -0.467 e. The molecule has 3 amide bonds. The Kier molecular flexibility index (Phi) is 8.10. The van der Waals surface area contributed by atoms with Crippen molar-refractivity contribution in [2.45, 2.75) is 31.5 Å². The molecular weight excluding hydrogens is 470 g/mol. The van der Waals surface area contributed by atoms with Crippen LogP contribution >= 0.6 is 22.9 Å². The summed E-state index contributed by atoms with van der Waals surface area (Å²) >= 11 is 6.42. The van der Waals surface area contributed by atoms with Crippen LogP contribution < -0.4 is 16.0 Å². The molecule has 0 bridgehead atoms. The molecule has 13 nitrogen and oxygen atoms in total. The van der Waals surface area contributed by atoms with Crippen LogP contribution in [0.3, 0.4) is 0 Å². The molecule has 15 heteroatoms. The van der Waals surface area contributed by atoms with Crippen LogP contribution in [0.5, 0.6) is 0 Å². The molecule has 0 unspecified atom stereocenters. The number of thiazole rings is 1. The van der Waals surface area contributed by atoms with Crippen molar-refractivity contribution in [3.63, 3.8) is 0 Å². The monoisotopic (exact) mass is 489 g/mol. The van der Waals surface area contributed by atoms with Crippen LogP contribution in [0.4, 0.5) is 5.13 Å². The van der Waals surface area contributed by atoms with Crippen LogP contribution in [0.2, 0.25) is 0 Å². The average molecular weight is 490 g/mol. The fraction of sp³-hybridized carbons (Fsp3) is 0.471. The summed E-state index contributed by atoms with van der Waals surface area (Å²) in [5.41, 5.74) is -2.02. The summed E-state index contributed by atoms with van der Waals surface area (Å²) in [5, 5.41) is 12.3. The van der Waals surface area contributed by atoms with Gasteiger partial charge in [0.2, 0.25) is 17.4 Å². The number of carbonyl (C=O) groups is 5. The largest absolute Gasteiger partial charge is 0.467 e. The van der Waals surface area contributed by atoms with E-state index in [2.05, 4.69) is 35.6 Å². The van der Waals surface area contributed by atoms with Gasteiger partial charge in [-0.05, 0) is 13.8 Å². The number of amides is 3. The van der Waals surface area contributed by atoms with Crippen molar-refractivity contribution in [1.29, 1.82) is 0 Å².